The molecule has 0 spiro atoms. The van der Waals surface area contributed by atoms with Gasteiger partial charge in [-0.25, -0.2) is 4.99 Å². The van der Waals surface area contributed by atoms with Crippen LogP contribution in [0, 0.1) is 0 Å². The molecule has 0 aliphatic carbocycles. The topological polar surface area (TPSA) is 59.9 Å². The van der Waals surface area contributed by atoms with Crippen molar-refractivity contribution in [1.29, 1.82) is 0 Å². The number of carbonyl (C=O) groups excluding carboxylic acids is 1. The quantitative estimate of drug-likeness (QED) is 0.499. The Bertz CT molecular complexity index is 463. The number of rotatable bonds is 6. The van der Waals surface area contributed by atoms with Gasteiger partial charge in [0.05, 0.1) is 30.3 Å². The number of nitrogens with zero attached hydrogens (tertiary/aromatic N) is 1. The molecule has 0 aromatic heterocycles. The Labute approximate surface area is 123 Å². The molecule has 0 saturated carbocycles. The van der Waals surface area contributed by atoms with E-state index < -0.39 is 0 Å². The van der Waals surface area contributed by atoms with Crippen LogP contribution < -0.4 is 5.32 Å². The summed E-state index contributed by atoms with van der Waals surface area (Å²) in [5, 5.41) is 3.00. The lowest BCUT2D eigenvalue weighted by Gasteiger charge is -2.10. The number of halogens is 1. The first-order chi connectivity index (χ1) is 9.69. The molecular formula is C14H19ClN2O3. The highest BCUT2D eigenvalue weighted by Crippen LogP contribution is 2.14. The lowest BCUT2D eigenvalue weighted by Crippen LogP contribution is -2.33. The van der Waals surface area contributed by atoms with E-state index in [0.29, 0.717) is 30.3 Å². The van der Waals surface area contributed by atoms with Crippen molar-refractivity contribution in [2.75, 3.05) is 26.9 Å². The van der Waals surface area contributed by atoms with Gasteiger partial charge < -0.3 is 9.47 Å². The zero-order valence-corrected chi connectivity index (χ0v) is 12.4. The normalized spacial score (nSPS) is 11.2. The third-order valence-electron chi connectivity index (χ3n) is 2.33. The number of nitrogens with one attached hydrogen (secondary N) is 1. The minimum absolute atomic E-state index is 0.189. The van der Waals surface area contributed by atoms with Crippen molar-refractivity contribution in [1.82, 2.24) is 5.32 Å². The van der Waals surface area contributed by atoms with Crippen LogP contribution in [0.2, 0.25) is 5.02 Å². The number of hydrogen-bond acceptors (Lipinski definition) is 4. The highest BCUT2D eigenvalue weighted by Gasteiger charge is 2.12. The minimum Gasteiger partial charge on any atom is -0.465 e. The van der Waals surface area contributed by atoms with Crippen molar-refractivity contribution in [3.8, 4) is 0 Å². The van der Waals surface area contributed by atoms with Crippen LogP contribution in [0.3, 0.4) is 0 Å². The van der Waals surface area contributed by atoms with Gasteiger partial charge >= 0.3 is 0 Å². The molecular weight excluding hydrogens is 280 g/mol. The van der Waals surface area contributed by atoms with Crippen molar-refractivity contribution in [2.45, 2.75) is 13.3 Å². The Balaban J connectivity index is 2.70. The molecule has 0 radical (unpaired) electrons. The van der Waals surface area contributed by atoms with E-state index in [-0.39, 0.29) is 11.9 Å². The van der Waals surface area contributed by atoms with E-state index in [0.717, 1.165) is 6.42 Å². The average molecular weight is 299 g/mol. The first-order valence-electron chi connectivity index (χ1n) is 6.41. The first-order valence-corrected chi connectivity index (χ1v) is 6.79. The largest absolute Gasteiger partial charge is 0.465 e. The highest BCUT2D eigenvalue weighted by atomic mass is 35.5. The number of aliphatic imine (C=N–C) groups is 1. The summed E-state index contributed by atoms with van der Waals surface area (Å²) in [6.07, 6.45) is 0.825. The maximum absolute atomic E-state index is 12.1. The van der Waals surface area contributed by atoms with Gasteiger partial charge in [0.15, 0.2) is 0 Å². The predicted molar refractivity (Wildman–Crippen MR) is 79.3 cm³/mol. The first kappa shape index (κ1) is 16.5. The fourth-order valence-electron chi connectivity index (χ4n) is 1.37. The molecule has 0 aliphatic heterocycles. The number of hydrogen-bond donors (Lipinski definition) is 1. The Hall–Kier alpha value is -1.59. The second-order valence-electron chi connectivity index (χ2n) is 3.96. The standard InChI is InChI=1S/C14H19ClN2O3/c1-3-9-20-14(16-8-10-19-2)17-13(18)11-6-4-5-7-12(11)15/h4-7H,3,8-10H2,1-2H3,(H,16,17,18). The van der Waals surface area contributed by atoms with Gasteiger partial charge in [0.25, 0.3) is 11.9 Å². The SMILES string of the molecule is CCCOC(=NCCOC)NC(=O)c1ccccc1Cl. The maximum Gasteiger partial charge on any atom is 0.291 e. The van der Waals surface area contributed by atoms with Crippen molar-refractivity contribution in [2.24, 2.45) is 4.99 Å². The van der Waals surface area contributed by atoms with E-state index in [1.54, 1.807) is 31.4 Å². The molecule has 5 nitrogen and oxygen atoms in total. The van der Waals surface area contributed by atoms with Gasteiger partial charge in [-0.3, -0.25) is 10.1 Å². The summed E-state index contributed by atoms with van der Waals surface area (Å²) < 4.78 is 10.3. The zero-order valence-electron chi connectivity index (χ0n) is 11.7. The van der Waals surface area contributed by atoms with Gasteiger partial charge in [-0.1, -0.05) is 30.7 Å². The van der Waals surface area contributed by atoms with Crippen molar-refractivity contribution in [3.05, 3.63) is 34.9 Å². The van der Waals surface area contributed by atoms with Crippen LogP contribution in [0.1, 0.15) is 23.7 Å². The number of amidine groups is 1. The number of amides is 1. The number of ether oxygens (including phenoxy) is 2. The molecule has 0 atom stereocenters. The number of methoxy groups -OCH3 is 1. The Morgan fingerprint density at radius 1 is 1.35 bits per heavy atom. The average Bonchev–Trinajstić information content (AvgIpc) is 2.45. The lowest BCUT2D eigenvalue weighted by atomic mass is 10.2. The van der Waals surface area contributed by atoms with E-state index in [9.17, 15) is 4.79 Å². The molecule has 1 aromatic rings. The fraction of sp³-hybridized carbons (Fsp3) is 0.429. The van der Waals surface area contributed by atoms with Gasteiger partial charge in [0.1, 0.15) is 0 Å². The molecule has 0 fully saturated rings. The second-order valence-corrected chi connectivity index (χ2v) is 4.37. The highest BCUT2D eigenvalue weighted by molar-refractivity contribution is 6.34. The molecule has 6 heteroatoms. The fourth-order valence-corrected chi connectivity index (χ4v) is 1.59. The zero-order chi connectivity index (χ0) is 14.8. The van der Waals surface area contributed by atoms with Crippen LogP contribution in [0.15, 0.2) is 29.3 Å². The molecule has 0 aliphatic rings. The molecule has 0 heterocycles. The van der Waals surface area contributed by atoms with Gasteiger partial charge in [0, 0.05) is 7.11 Å². The molecule has 0 saturated heterocycles. The molecule has 0 unspecified atom stereocenters. The molecule has 110 valence electrons. The van der Waals surface area contributed by atoms with E-state index in [4.69, 9.17) is 21.1 Å². The Morgan fingerprint density at radius 2 is 2.10 bits per heavy atom. The van der Waals surface area contributed by atoms with E-state index >= 15 is 0 Å². The summed E-state index contributed by atoms with van der Waals surface area (Å²) in [6.45, 7) is 3.33. The third-order valence-corrected chi connectivity index (χ3v) is 2.66. The van der Waals surface area contributed by atoms with E-state index in [1.807, 2.05) is 6.92 Å². The van der Waals surface area contributed by atoms with Crippen molar-refractivity contribution in [3.63, 3.8) is 0 Å². The predicted octanol–water partition coefficient (Wildman–Crippen LogP) is 2.50. The molecule has 1 aromatic carbocycles. The Kier molecular flexibility index (Phi) is 7.69. The van der Waals surface area contributed by atoms with E-state index in [2.05, 4.69) is 10.3 Å². The minimum atomic E-state index is -0.345. The molecule has 1 rings (SSSR count). The Morgan fingerprint density at radius 3 is 2.75 bits per heavy atom. The summed E-state index contributed by atoms with van der Waals surface area (Å²) in [5.74, 6) is -0.345. The molecule has 0 bridgehead atoms. The lowest BCUT2D eigenvalue weighted by molar-refractivity contribution is 0.0965. The van der Waals surface area contributed by atoms with Crippen molar-refractivity contribution < 1.29 is 14.3 Å². The van der Waals surface area contributed by atoms with Crippen LogP contribution in [0.4, 0.5) is 0 Å². The van der Waals surface area contributed by atoms with Crippen molar-refractivity contribution >= 4 is 23.5 Å². The summed E-state index contributed by atoms with van der Waals surface area (Å²) in [4.78, 5) is 16.2. The van der Waals surface area contributed by atoms with Gasteiger partial charge in [-0.05, 0) is 18.6 Å². The van der Waals surface area contributed by atoms with Crippen LogP contribution in [0.5, 0.6) is 0 Å². The van der Waals surface area contributed by atoms with Crippen LogP contribution >= 0.6 is 11.6 Å². The maximum atomic E-state index is 12.1. The smallest absolute Gasteiger partial charge is 0.291 e. The van der Waals surface area contributed by atoms with Crippen LogP contribution in [-0.4, -0.2) is 38.8 Å². The summed E-state index contributed by atoms with van der Waals surface area (Å²) >= 11 is 5.97. The van der Waals surface area contributed by atoms with E-state index in [1.165, 1.54) is 0 Å². The van der Waals surface area contributed by atoms with Gasteiger partial charge in [-0.15, -0.1) is 0 Å². The second kappa shape index (κ2) is 9.34. The summed E-state index contributed by atoms with van der Waals surface area (Å²) in [6, 6.07) is 7.00. The summed E-state index contributed by atoms with van der Waals surface area (Å²) in [7, 11) is 1.59. The summed E-state index contributed by atoms with van der Waals surface area (Å²) in [5.41, 5.74) is 0.383. The molecule has 1 N–H and O–H groups in total. The monoisotopic (exact) mass is 298 g/mol. The van der Waals surface area contributed by atoms with Crippen LogP contribution in [-0.2, 0) is 9.47 Å². The number of carbonyl (C=O) groups is 1. The van der Waals surface area contributed by atoms with Gasteiger partial charge in [-0.2, -0.15) is 0 Å². The molecule has 20 heavy (non-hydrogen) atoms. The van der Waals surface area contributed by atoms with Gasteiger partial charge in [0.2, 0.25) is 0 Å². The van der Waals surface area contributed by atoms with Crippen LogP contribution in [0.25, 0.3) is 0 Å². The third kappa shape index (κ3) is 5.59. The number of benzene rings is 1. The molecule has 1 amide bonds.